The van der Waals surface area contributed by atoms with Gasteiger partial charge in [0.25, 0.3) is 0 Å². The van der Waals surface area contributed by atoms with Crippen molar-refractivity contribution in [2.45, 2.75) is 13.0 Å². The summed E-state index contributed by atoms with van der Waals surface area (Å²) in [4.78, 5) is 18.1. The highest BCUT2D eigenvalue weighted by Crippen LogP contribution is 2.14. The molecule has 20 heavy (non-hydrogen) atoms. The van der Waals surface area contributed by atoms with Crippen molar-refractivity contribution in [1.29, 1.82) is 0 Å². The van der Waals surface area contributed by atoms with Gasteiger partial charge in [-0.05, 0) is 17.7 Å². The van der Waals surface area contributed by atoms with Crippen molar-refractivity contribution in [1.82, 2.24) is 14.5 Å². The van der Waals surface area contributed by atoms with Crippen LogP contribution in [0.25, 0.3) is 0 Å². The van der Waals surface area contributed by atoms with Crippen molar-refractivity contribution >= 4 is 5.91 Å². The van der Waals surface area contributed by atoms with E-state index in [1.54, 1.807) is 25.3 Å². The summed E-state index contributed by atoms with van der Waals surface area (Å²) in [6.45, 7) is 0.506. The van der Waals surface area contributed by atoms with E-state index >= 15 is 0 Å². The summed E-state index contributed by atoms with van der Waals surface area (Å²) in [5, 5.41) is 0. The number of likely N-dealkylation sites (N-methyl/N-ethyl adjacent to an activating group) is 1. The maximum absolute atomic E-state index is 12.2. The molecule has 0 saturated carbocycles. The zero-order valence-corrected chi connectivity index (χ0v) is 12.0. The molecule has 2 rings (SSSR count). The van der Waals surface area contributed by atoms with E-state index in [4.69, 9.17) is 4.74 Å². The van der Waals surface area contributed by atoms with Crippen LogP contribution in [0.1, 0.15) is 11.4 Å². The molecule has 0 atom stereocenters. The largest absolute Gasteiger partial charge is 0.497 e. The number of hydrogen-bond donors (Lipinski definition) is 0. The Bertz CT molecular complexity index is 592. The second-order valence-electron chi connectivity index (χ2n) is 4.73. The topological polar surface area (TPSA) is 47.4 Å². The van der Waals surface area contributed by atoms with Gasteiger partial charge in [-0.2, -0.15) is 0 Å². The van der Waals surface area contributed by atoms with Gasteiger partial charge in [0.1, 0.15) is 11.6 Å². The number of aromatic nitrogens is 2. The molecule has 0 bridgehead atoms. The number of hydrogen-bond acceptors (Lipinski definition) is 3. The van der Waals surface area contributed by atoms with Crippen LogP contribution in [0, 0.1) is 0 Å². The van der Waals surface area contributed by atoms with Gasteiger partial charge in [-0.1, -0.05) is 12.1 Å². The molecule has 0 fully saturated rings. The van der Waals surface area contributed by atoms with E-state index in [1.807, 2.05) is 42.1 Å². The van der Waals surface area contributed by atoms with Gasteiger partial charge in [-0.15, -0.1) is 0 Å². The van der Waals surface area contributed by atoms with Crippen LogP contribution >= 0.6 is 0 Å². The maximum atomic E-state index is 12.2. The lowest BCUT2D eigenvalue weighted by Gasteiger charge is -2.17. The highest BCUT2D eigenvalue weighted by atomic mass is 16.5. The van der Waals surface area contributed by atoms with Crippen molar-refractivity contribution in [2.24, 2.45) is 7.05 Å². The predicted molar refractivity (Wildman–Crippen MR) is 76.4 cm³/mol. The van der Waals surface area contributed by atoms with E-state index < -0.39 is 0 Å². The fourth-order valence-corrected chi connectivity index (χ4v) is 1.94. The van der Waals surface area contributed by atoms with Gasteiger partial charge in [-0.3, -0.25) is 4.79 Å². The summed E-state index contributed by atoms with van der Waals surface area (Å²) < 4.78 is 7.07. The molecule has 0 unspecified atom stereocenters. The first-order valence-corrected chi connectivity index (χ1v) is 6.43. The molecule has 0 aliphatic carbocycles. The molecule has 5 heteroatoms. The van der Waals surface area contributed by atoms with Crippen LogP contribution in [0.4, 0.5) is 0 Å². The third kappa shape index (κ3) is 3.38. The van der Waals surface area contributed by atoms with Crippen molar-refractivity contribution in [3.8, 4) is 5.75 Å². The van der Waals surface area contributed by atoms with Gasteiger partial charge in [0.15, 0.2) is 0 Å². The van der Waals surface area contributed by atoms with E-state index in [2.05, 4.69) is 4.98 Å². The molecule has 5 nitrogen and oxygen atoms in total. The number of carbonyl (C=O) groups is 1. The number of benzene rings is 1. The quantitative estimate of drug-likeness (QED) is 0.832. The molecule has 1 amide bonds. The van der Waals surface area contributed by atoms with Crippen LogP contribution < -0.4 is 4.74 Å². The lowest BCUT2D eigenvalue weighted by atomic mass is 10.1. The smallest absolute Gasteiger partial charge is 0.227 e. The molecule has 0 radical (unpaired) electrons. The first-order chi connectivity index (χ1) is 9.60. The van der Waals surface area contributed by atoms with Gasteiger partial charge in [0.05, 0.1) is 20.1 Å². The predicted octanol–water partition coefficient (Wildman–Crippen LogP) is 1.63. The molecule has 1 aromatic heterocycles. The van der Waals surface area contributed by atoms with Crippen LogP contribution in [-0.2, 0) is 24.8 Å². The molecule has 0 saturated heterocycles. The molecule has 0 spiro atoms. The second kappa shape index (κ2) is 6.23. The number of carbonyl (C=O) groups excluding carboxylic acids is 1. The molecule has 1 heterocycles. The Balaban J connectivity index is 1.98. The minimum Gasteiger partial charge on any atom is -0.497 e. The van der Waals surface area contributed by atoms with Crippen molar-refractivity contribution in [3.05, 3.63) is 48.0 Å². The minimum absolute atomic E-state index is 0.0567. The average molecular weight is 273 g/mol. The monoisotopic (exact) mass is 273 g/mol. The van der Waals surface area contributed by atoms with Gasteiger partial charge in [0.2, 0.25) is 5.91 Å². The number of rotatable bonds is 5. The lowest BCUT2D eigenvalue weighted by molar-refractivity contribution is -0.129. The molecule has 0 aliphatic heterocycles. The highest BCUT2D eigenvalue weighted by molar-refractivity contribution is 5.78. The van der Waals surface area contributed by atoms with Gasteiger partial charge in [0, 0.05) is 26.5 Å². The Morgan fingerprint density at radius 3 is 2.90 bits per heavy atom. The third-order valence-corrected chi connectivity index (χ3v) is 3.21. The van der Waals surface area contributed by atoms with Gasteiger partial charge in [-0.25, -0.2) is 4.98 Å². The molecule has 106 valence electrons. The number of methoxy groups -OCH3 is 1. The maximum Gasteiger partial charge on any atom is 0.227 e. The summed E-state index contributed by atoms with van der Waals surface area (Å²) in [7, 11) is 5.33. The van der Waals surface area contributed by atoms with Crippen LogP contribution in [0.3, 0.4) is 0 Å². The molecular weight excluding hydrogens is 254 g/mol. The number of nitrogens with zero attached hydrogens (tertiary/aromatic N) is 3. The standard InChI is InChI=1S/C15H19N3O2/c1-17-8-7-16-14(17)11-18(2)15(19)10-12-5-4-6-13(9-12)20-3/h4-9H,10-11H2,1-3H3. The van der Waals surface area contributed by atoms with Crippen molar-refractivity contribution < 1.29 is 9.53 Å². The fourth-order valence-electron chi connectivity index (χ4n) is 1.94. The zero-order chi connectivity index (χ0) is 14.5. The minimum atomic E-state index is 0.0567. The summed E-state index contributed by atoms with van der Waals surface area (Å²) in [5.41, 5.74) is 0.945. The SMILES string of the molecule is COc1cccc(CC(=O)N(C)Cc2nccn2C)c1. The van der Waals surface area contributed by atoms with E-state index in [0.29, 0.717) is 13.0 Å². The van der Waals surface area contributed by atoms with E-state index in [-0.39, 0.29) is 5.91 Å². The summed E-state index contributed by atoms with van der Waals surface area (Å²) in [6, 6.07) is 7.56. The first kappa shape index (κ1) is 14.1. The Morgan fingerprint density at radius 2 is 2.25 bits per heavy atom. The molecule has 0 aliphatic rings. The van der Waals surface area contributed by atoms with Crippen LogP contribution in [0.2, 0.25) is 0 Å². The average Bonchev–Trinajstić information content (AvgIpc) is 2.84. The molecule has 1 aromatic carbocycles. The normalized spacial score (nSPS) is 10.3. The summed E-state index contributed by atoms with van der Waals surface area (Å²) in [5.74, 6) is 1.69. The van der Waals surface area contributed by atoms with E-state index in [0.717, 1.165) is 17.1 Å². The van der Waals surface area contributed by atoms with E-state index in [1.165, 1.54) is 0 Å². The van der Waals surface area contributed by atoms with Crippen molar-refractivity contribution in [2.75, 3.05) is 14.2 Å². The third-order valence-electron chi connectivity index (χ3n) is 3.21. The fraction of sp³-hybridized carbons (Fsp3) is 0.333. The van der Waals surface area contributed by atoms with Gasteiger partial charge < -0.3 is 14.2 Å². The zero-order valence-electron chi connectivity index (χ0n) is 12.0. The Kier molecular flexibility index (Phi) is 4.40. The molecular formula is C15H19N3O2. The number of aryl methyl sites for hydroxylation is 1. The van der Waals surface area contributed by atoms with Crippen LogP contribution in [0.5, 0.6) is 5.75 Å². The van der Waals surface area contributed by atoms with E-state index in [9.17, 15) is 4.79 Å². The first-order valence-electron chi connectivity index (χ1n) is 6.43. The van der Waals surface area contributed by atoms with Crippen LogP contribution in [-0.4, -0.2) is 34.5 Å². The summed E-state index contributed by atoms with van der Waals surface area (Å²) >= 11 is 0. The summed E-state index contributed by atoms with van der Waals surface area (Å²) in [6.07, 6.45) is 3.96. The number of amides is 1. The number of ether oxygens (including phenoxy) is 1. The lowest BCUT2D eigenvalue weighted by Crippen LogP contribution is -2.28. The Morgan fingerprint density at radius 1 is 1.45 bits per heavy atom. The van der Waals surface area contributed by atoms with Crippen LogP contribution in [0.15, 0.2) is 36.7 Å². The van der Waals surface area contributed by atoms with Gasteiger partial charge >= 0.3 is 0 Å². The second-order valence-corrected chi connectivity index (χ2v) is 4.73. The Labute approximate surface area is 118 Å². The Hall–Kier alpha value is -2.30. The number of imidazole rings is 1. The molecule has 0 N–H and O–H groups in total. The molecule has 2 aromatic rings. The highest BCUT2D eigenvalue weighted by Gasteiger charge is 2.12. The van der Waals surface area contributed by atoms with Crippen molar-refractivity contribution in [3.63, 3.8) is 0 Å².